The van der Waals surface area contributed by atoms with Crippen molar-refractivity contribution in [2.45, 2.75) is 12.8 Å². The van der Waals surface area contributed by atoms with Crippen molar-refractivity contribution < 1.29 is 19.5 Å². The first kappa shape index (κ1) is 19.1. The lowest BCUT2D eigenvalue weighted by atomic mass is 10.1. The normalized spacial score (nSPS) is 16.0. The second kappa shape index (κ2) is 8.75. The summed E-state index contributed by atoms with van der Waals surface area (Å²) in [7, 11) is 1.73. The standard InChI is InChI=1S/C17H21N5O4/c1-21-8-9-22(7-6-15(21)23)17(26)12-2-4-13(5-3-12)19-11-14(20-18)10-16(24)25/h2-5,11H,6-10,18H2,1H3,(H,24,25). The van der Waals surface area contributed by atoms with Gasteiger partial charge in [0, 0.05) is 38.7 Å². The van der Waals surface area contributed by atoms with E-state index in [1.807, 2.05) is 0 Å². The molecule has 1 heterocycles. The molecule has 9 nitrogen and oxygen atoms in total. The Kier molecular flexibility index (Phi) is 6.42. The van der Waals surface area contributed by atoms with E-state index in [9.17, 15) is 14.4 Å². The zero-order chi connectivity index (χ0) is 19.1. The van der Waals surface area contributed by atoms with E-state index in [1.54, 1.807) is 41.1 Å². The van der Waals surface area contributed by atoms with Gasteiger partial charge in [-0.25, -0.2) is 0 Å². The van der Waals surface area contributed by atoms with E-state index >= 15 is 0 Å². The summed E-state index contributed by atoms with van der Waals surface area (Å²) < 4.78 is 0. The van der Waals surface area contributed by atoms with E-state index < -0.39 is 5.97 Å². The second-order valence-electron chi connectivity index (χ2n) is 5.85. The number of carboxylic acids is 1. The van der Waals surface area contributed by atoms with Crippen molar-refractivity contribution in [3.63, 3.8) is 0 Å². The maximum atomic E-state index is 12.6. The van der Waals surface area contributed by atoms with Gasteiger partial charge >= 0.3 is 5.97 Å². The monoisotopic (exact) mass is 359 g/mol. The van der Waals surface area contributed by atoms with Crippen molar-refractivity contribution in [2.24, 2.45) is 15.9 Å². The summed E-state index contributed by atoms with van der Waals surface area (Å²) in [6, 6.07) is 6.57. The number of hydrogen-bond acceptors (Lipinski definition) is 6. The third-order valence-electron chi connectivity index (χ3n) is 3.99. The Labute approximate surface area is 150 Å². The maximum absolute atomic E-state index is 12.6. The highest BCUT2D eigenvalue weighted by Crippen LogP contribution is 2.15. The average Bonchev–Trinajstić information content (AvgIpc) is 2.80. The molecule has 138 valence electrons. The van der Waals surface area contributed by atoms with Gasteiger partial charge in [0.05, 0.1) is 24.0 Å². The largest absolute Gasteiger partial charge is 0.481 e. The van der Waals surface area contributed by atoms with Gasteiger partial charge in [0.15, 0.2) is 0 Å². The van der Waals surface area contributed by atoms with Crippen molar-refractivity contribution in [3.8, 4) is 0 Å². The van der Waals surface area contributed by atoms with Gasteiger partial charge < -0.3 is 20.7 Å². The van der Waals surface area contributed by atoms with Crippen molar-refractivity contribution in [1.29, 1.82) is 0 Å². The third kappa shape index (κ3) is 5.13. The summed E-state index contributed by atoms with van der Waals surface area (Å²) >= 11 is 0. The lowest BCUT2D eigenvalue weighted by molar-refractivity contribution is -0.135. The number of carboxylic acid groups (broad SMARTS) is 1. The lowest BCUT2D eigenvalue weighted by Gasteiger charge is -2.20. The van der Waals surface area contributed by atoms with Gasteiger partial charge in [-0.1, -0.05) is 0 Å². The number of aliphatic imine (C=N–C) groups is 1. The van der Waals surface area contributed by atoms with E-state index in [1.165, 1.54) is 6.21 Å². The van der Waals surface area contributed by atoms with E-state index in [-0.39, 0.29) is 23.9 Å². The van der Waals surface area contributed by atoms with Crippen LogP contribution in [-0.2, 0) is 9.59 Å². The fourth-order valence-electron chi connectivity index (χ4n) is 2.43. The minimum absolute atomic E-state index is 0.0312. The predicted molar refractivity (Wildman–Crippen MR) is 96.6 cm³/mol. The molecule has 0 bridgehead atoms. The van der Waals surface area contributed by atoms with Gasteiger partial charge in [-0.2, -0.15) is 5.10 Å². The summed E-state index contributed by atoms with van der Waals surface area (Å²) in [6.45, 7) is 1.40. The smallest absolute Gasteiger partial charge is 0.309 e. The van der Waals surface area contributed by atoms with Gasteiger partial charge in [-0.3, -0.25) is 19.4 Å². The molecule has 0 unspecified atom stereocenters. The number of amides is 2. The van der Waals surface area contributed by atoms with Gasteiger partial charge in [-0.15, -0.1) is 0 Å². The summed E-state index contributed by atoms with van der Waals surface area (Å²) in [4.78, 5) is 42.3. The van der Waals surface area contributed by atoms with Crippen LogP contribution in [0.15, 0.2) is 34.4 Å². The van der Waals surface area contributed by atoms with Crippen LogP contribution in [0, 0.1) is 0 Å². The number of likely N-dealkylation sites (N-methyl/N-ethyl adjacent to an activating group) is 1. The quantitative estimate of drug-likeness (QED) is 0.449. The molecule has 1 saturated heterocycles. The molecule has 0 atom stereocenters. The predicted octanol–water partition coefficient (Wildman–Crippen LogP) is 0.483. The Bertz CT molecular complexity index is 742. The van der Waals surface area contributed by atoms with E-state index in [0.29, 0.717) is 37.3 Å². The van der Waals surface area contributed by atoms with Crippen LogP contribution in [0.3, 0.4) is 0 Å². The molecule has 0 spiro atoms. The molecule has 0 radical (unpaired) electrons. The number of rotatable bonds is 5. The number of hydrazone groups is 1. The molecule has 0 aliphatic carbocycles. The highest BCUT2D eigenvalue weighted by atomic mass is 16.4. The summed E-state index contributed by atoms with van der Waals surface area (Å²) in [6.07, 6.45) is 1.27. The maximum Gasteiger partial charge on any atom is 0.309 e. The molecular formula is C17H21N5O4. The fraction of sp³-hybridized carbons (Fsp3) is 0.353. The molecule has 0 aromatic heterocycles. The van der Waals surface area contributed by atoms with Crippen molar-refractivity contribution in [3.05, 3.63) is 29.8 Å². The average molecular weight is 359 g/mol. The van der Waals surface area contributed by atoms with Crippen LogP contribution in [-0.4, -0.2) is 71.3 Å². The molecule has 0 saturated carbocycles. The van der Waals surface area contributed by atoms with Gasteiger partial charge in [0.25, 0.3) is 5.91 Å². The zero-order valence-corrected chi connectivity index (χ0v) is 14.5. The van der Waals surface area contributed by atoms with Crippen LogP contribution in [0.25, 0.3) is 0 Å². The Balaban J connectivity index is 2.03. The molecule has 1 fully saturated rings. The summed E-state index contributed by atoms with van der Waals surface area (Å²) in [5.74, 6) is 3.96. The number of nitrogens with zero attached hydrogens (tertiary/aromatic N) is 4. The molecule has 1 aromatic rings. The molecule has 9 heteroatoms. The van der Waals surface area contributed by atoms with Crippen LogP contribution >= 0.6 is 0 Å². The molecule has 26 heavy (non-hydrogen) atoms. The number of hydrogen-bond donors (Lipinski definition) is 2. The topological polar surface area (TPSA) is 129 Å². The van der Waals surface area contributed by atoms with Crippen molar-refractivity contribution in [2.75, 3.05) is 26.7 Å². The van der Waals surface area contributed by atoms with Gasteiger partial charge in [-0.05, 0) is 24.3 Å². The minimum Gasteiger partial charge on any atom is -0.481 e. The van der Waals surface area contributed by atoms with Gasteiger partial charge in [0.2, 0.25) is 5.91 Å². The van der Waals surface area contributed by atoms with Gasteiger partial charge in [0.1, 0.15) is 0 Å². The Morgan fingerprint density at radius 2 is 1.92 bits per heavy atom. The minimum atomic E-state index is -1.05. The third-order valence-corrected chi connectivity index (χ3v) is 3.99. The zero-order valence-electron chi connectivity index (χ0n) is 14.5. The first-order valence-electron chi connectivity index (χ1n) is 8.06. The van der Waals surface area contributed by atoms with Crippen molar-refractivity contribution >= 4 is 35.4 Å². The molecular weight excluding hydrogens is 338 g/mol. The second-order valence-corrected chi connectivity index (χ2v) is 5.85. The highest BCUT2D eigenvalue weighted by Gasteiger charge is 2.22. The van der Waals surface area contributed by atoms with E-state index in [2.05, 4.69) is 10.1 Å². The van der Waals surface area contributed by atoms with Crippen LogP contribution in [0.2, 0.25) is 0 Å². The molecule has 1 aliphatic heterocycles. The van der Waals surface area contributed by atoms with Crippen LogP contribution in [0.5, 0.6) is 0 Å². The fourth-order valence-corrected chi connectivity index (χ4v) is 2.43. The van der Waals surface area contributed by atoms with Crippen LogP contribution < -0.4 is 5.84 Å². The first-order valence-corrected chi connectivity index (χ1v) is 8.06. The number of carbonyl (C=O) groups is 3. The molecule has 2 amide bonds. The SMILES string of the molecule is CN1CCN(C(=O)c2ccc(N=CC(CC(=O)O)=NN)cc2)CCC1=O. The number of aliphatic carboxylic acids is 1. The molecule has 1 aliphatic rings. The van der Waals surface area contributed by atoms with E-state index in [0.717, 1.165) is 0 Å². The molecule has 1 aromatic carbocycles. The van der Waals surface area contributed by atoms with Crippen molar-refractivity contribution in [1.82, 2.24) is 9.80 Å². The number of carbonyl (C=O) groups excluding carboxylic acids is 2. The lowest BCUT2D eigenvalue weighted by Crippen LogP contribution is -2.34. The van der Waals surface area contributed by atoms with E-state index in [4.69, 9.17) is 10.9 Å². The number of benzene rings is 1. The summed E-state index contributed by atoms with van der Waals surface area (Å²) in [5, 5.41) is 12.1. The molecule has 3 N–H and O–H groups in total. The molecule has 2 rings (SSSR count). The van der Waals surface area contributed by atoms with Crippen LogP contribution in [0.1, 0.15) is 23.2 Å². The summed E-state index contributed by atoms with van der Waals surface area (Å²) in [5.41, 5.74) is 1.18. The number of nitrogens with two attached hydrogens (primary N) is 1. The Morgan fingerprint density at radius 1 is 1.23 bits per heavy atom. The first-order chi connectivity index (χ1) is 12.4. The van der Waals surface area contributed by atoms with Crippen LogP contribution in [0.4, 0.5) is 5.69 Å². The Hall–Kier alpha value is -3.23. The Morgan fingerprint density at radius 3 is 2.54 bits per heavy atom. The highest BCUT2D eigenvalue weighted by molar-refractivity contribution is 6.34.